The van der Waals surface area contributed by atoms with Crippen molar-refractivity contribution in [1.82, 2.24) is 15.5 Å². The first-order valence-corrected chi connectivity index (χ1v) is 11.7. The minimum absolute atomic E-state index is 0.145. The van der Waals surface area contributed by atoms with Crippen LogP contribution in [0.2, 0.25) is 0 Å². The molecule has 1 aliphatic rings. The zero-order valence-electron chi connectivity index (χ0n) is 19.4. The number of rotatable bonds is 11. The molecule has 2 heterocycles. The molecule has 32 heavy (non-hydrogen) atoms. The van der Waals surface area contributed by atoms with E-state index in [2.05, 4.69) is 31.7 Å². The summed E-state index contributed by atoms with van der Waals surface area (Å²) in [6.45, 7) is 8.11. The minimum atomic E-state index is -0.557. The van der Waals surface area contributed by atoms with E-state index in [1.165, 1.54) is 12.8 Å². The largest absolute Gasteiger partial charge is 0.371 e. The highest BCUT2D eigenvalue weighted by Gasteiger charge is 2.21. The van der Waals surface area contributed by atoms with Crippen molar-refractivity contribution in [1.29, 1.82) is 0 Å². The smallest absolute Gasteiger partial charge is 0.246 e. The first kappa shape index (κ1) is 23.8. The lowest BCUT2D eigenvalue weighted by atomic mass is 10.1. The van der Waals surface area contributed by atoms with Crippen LogP contribution in [0.3, 0.4) is 0 Å². The van der Waals surface area contributed by atoms with E-state index in [1.807, 2.05) is 39.0 Å². The maximum absolute atomic E-state index is 12.9. The SMILES string of the molecule is CCC[C@@H](NC(=O)CCCc1nc(C(C)C)no1)C(=O)Nc1cccc(N2CCCC2)c1. The molecule has 174 valence electrons. The number of hydrogen-bond acceptors (Lipinski definition) is 6. The summed E-state index contributed by atoms with van der Waals surface area (Å²) in [5, 5.41) is 9.80. The third kappa shape index (κ3) is 6.80. The Kier molecular flexibility index (Phi) is 8.64. The monoisotopic (exact) mass is 441 g/mol. The van der Waals surface area contributed by atoms with Crippen LogP contribution in [0.1, 0.15) is 76.9 Å². The molecule has 8 nitrogen and oxygen atoms in total. The minimum Gasteiger partial charge on any atom is -0.371 e. The number of nitrogens with one attached hydrogen (secondary N) is 2. The van der Waals surface area contributed by atoms with Gasteiger partial charge in [0.1, 0.15) is 6.04 Å². The lowest BCUT2D eigenvalue weighted by Gasteiger charge is -2.20. The Labute approximate surface area is 190 Å². The van der Waals surface area contributed by atoms with Gasteiger partial charge in [-0.1, -0.05) is 38.4 Å². The molecule has 1 atom stereocenters. The van der Waals surface area contributed by atoms with Crippen LogP contribution in [0.15, 0.2) is 28.8 Å². The van der Waals surface area contributed by atoms with E-state index < -0.39 is 6.04 Å². The van der Waals surface area contributed by atoms with Gasteiger partial charge in [0.05, 0.1) is 0 Å². The average molecular weight is 442 g/mol. The van der Waals surface area contributed by atoms with E-state index in [1.54, 1.807) is 0 Å². The molecule has 0 spiro atoms. The number of aromatic nitrogens is 2. The van der Waals surface area contributed by atoms with E-state index in [0.717, 1.165) is 30.9 Å². The molecule has 3 rings (SSSR count). The average Bonchev–Trinajstić information content (AvgIpc) is 3.46. The molecule has 1 saturated heterocycles. The van der Waals surface area contributed by atoms with Crippen molar-refractivity contribution in [3.8, 4) is 0 Å². The summed E-state index contributed by atoms with van der Waals surface area (Å²) in [6, 6.07) is 7.36. The second kappa shape index (κ2) is 11.6. The highest BCUT2D eigenvalue weighted by molar-refractivity contribution is 5.97. The summed E-state index contributed by atoms with van der Waals surface area (Å²) in [6.07, 6.45) is 5.22. The Morgan fingerprint density at radius 1 is 1.22 bits per heavy atom. The summed E-state index contributed by atoms with van der Waals surface area (Å²) in [5.74, 6) is 1.10. The Morgan fingerprint density at radius 3 is 2.69 bits per heavy atom. The quantitative estimate of drug-likeness (QED) is 0.546. The van der Waals surface area contributed by atoms with Gasteiger partial charge in [-0.2, -0.15) is 4.98 Å². The lowest BCUT2D eigenvalue weighted by molar-refractivity contribution is -0.126. The molecule has 2 amide bonds. The molecular weight excluding hydrogens is 406 g/mol. The van der Waals surface area contributed by atoms with Crippen molar-refractivity contribution in [3.63, 3.8) is 0 Å². The Bertz CT molecular complexity index is 889. The van der Waals surface area contributed by atoms with Crippen LogP contribution in [-0.2, 0) is 16.0 Å². The summed E-state index contributed by atoms with van der Waals surface area (Å²) in [5.41, 5.74) is 1.88. The molecule has 2 aromatic rings. The van der Waals surface area contributed by atoms with Gasteiger partial charge in [-0.25, -0.2) is 0 Å². The number of carbonyl (C=O) groups excluding carboxylic acids is 2. The maximum Gasteiger partial charge on any atom is 0.246 e. The molecular formula is C24H35N5O3. The van der Waals surface area contributed by atoms with Crippen molar-refractivity contribution in [3.05, 3.63) is 36.0 Å². The molecule has 8 heteroatoms. The third-order valence-electron chi connectivity index (χ3n) is 5.61. The van der Waals surface area contributed by atoms with Gasteiger partial charge in [-0.05, 0) is 43.9 Å². The van der Waals surface area contributed by atoms with Gasteiger partial charge in [0, 0.05) is 43.2 Å². The molecule has 1 aromatic heterocycles. The molecule has 1 fully saturated rings. The van der Waals surface area contributed by atoms with Crippen molar-refractivity contribution in [2.24, 2.45) is 0 Å². The molecule has 0 aliphatic carbocycles. The van der Waals surface area contributed by atoms with Gasteiger partial charge in [-0.3, -0.25) is 9.59 Å². The van der Waals surface area contributed by atoms with E-state index in [4.69, 9.17) is 4.52 Å². The maximum atomic E-state index is 12.9. The van der Waals surface area contributed by atoms with Crippen molar-refractivity contribution in [2.75, 3.05) is 23.3 Å². The first-order chi connectivity index (χ1) is 15.5. The van der Waals surface area contributed by atoms with Gasteiger partial charge >= 0.3 is 0 Å². The molecule has 0 radical (unpaired) electrons. The molecule has 0 bridgehead atoms. The Morgan fingerprint density at radius 2 is 2.00 bits per heavy atom. The van der Waals surface area contributed by atoms with Crippen LogP contribution in [-0.4, -0.2) is 41.1 Å². The second-order valence-electron chi connectivity index (χ2n) is 8.70. The van der Waals surface area contributed by atoms with Gasteiger partial charge in [0.15, 0.2) is 5.82 Å². The van der Waals surface area contributed by atoms with Crippen molar-refractivity contribution >= 4 is 23.2 Å². The number of anilines is 2. The fourth-order valence-electron chi connectivity index (χ4n) is 3.81. The zero-order chi connectivity index (χ0) is 22.9. The van der Waals surface area contributed by atoms with Gasteiger partial charge < -0.3 is 20.1 Å². The van der Waals surface area contributed by atoms with E-state index in [0.29, 0.717) is 37.4 Å². The van der Waals surface area contributed by atoms with Crippen LogP contribution in [0.4, 0.5) is 11.4 Å². The van der Waals surface area contributed by atoms with Gasteiger partial charge in [-0.15, -0.1) is 0 Å². The summed E-state index contributed by atoms with van der Waals surface area (Å²) >= 11 is 0. The fourth-order valence-corrected chi connectivity index (χ4v) is 3.81. The number of nitrogens with zero attached hydrogens (tertiary/aromatic N) is 3. The highest BCUT2D eigenvalue weighted by atomic mass is 16.5. The molecule has 1 aromatic carbocycles. The fraction of sp³-hybridized carbons (Fsp3) is 0.583. The second-order valence-corrected chi connectivity index (χ2v) is 8.70. The Balaban J connectivity index is 1.49. The van der Waals surface area contributed by atoms with E-state index >= 15 is 0 Å². The molecule has 2 N–H and O–H groups in total. The number of amides is 2. The zero-order valence-corrected chi connectivity index (χ0v) is 19.4. The van der Waals surface area contributed by atoms with Crippen LogP contribution in [0.5, 0.6) is 0 Å². The molecule has 0 unspecified atom stereocenters. The summed E-state index contributed by atoms with van der Waals surface area (Å²) < 4.78 is 5.22. The number of aryl methyl sites for hydroxylation is 1. The number of carbonyl (C=O) groups is 2. The Hall–Kier alpha value is -2.90. The van der Waals surface area contributed by atoms with Crippen LogP contribution >= 0.6 is 0 Å². The highest BCUT2D eigenvalue weighted by Crippen LogP contribution is 2.23. The molecule has 0 saturated carbocycles. The molecule has 1 aliphatic heterocycles. The number of benzene rings is 1. The van der Waals surface area contributed by atoms with Crippen LogP contribution in [0.25, 0.3) is 0 Å². The summed E-state index contributed by atoms with van der Waals surface area (Å²) in [7, 11) is 0. The lowest BCUT2D eigenvalue weighted by Crippen LogP contribution is -2.43. The van der Waals surface area contributed by atoms with Gasteiger partial charge in [0.25, 0.3) is 0 Å². The normalized spacial score (nSPS) is 14.6. The van der Waals surface area contributed by atoms with Crippen LogP contribution < -0.4 is 15.5 Å². The van der Waals surface area contributed by atoms with Crippen LogP contribution in [0, 0.1) is 0 Å². The van der Waals surface area contributed by atoms with Crippen molar-refractivity contribution < 1.29 is 14.1 Å². The van der Waals surface area contributed by atoms with E-state index in [-0.39, 0.29) is 17.7 Å². The topological polar surface area (TPSA) is 100 Å². The predicted octanol–water partition coefficient (Wildman–Crippen LogP) is 4.04. The predicted molar refractivity (Wildman–Crippen MR) is 125 cm³/mol. The van der Waals surface area contributed by atoms with Gasteiger partial charge in [0.2, 0.25) is 17.7 Å². The first-order valence-electron chi connectivity index (χ1n) is 11.7. The number of hydrogen-bond donors (Lipinski definition) is 2. The summed E-state index contributed by atoms with van der Waals surface area (Å²) in [4.78, 5) is 32.0. The van der Waals surface area contributed by atoms with Crippen molar-refractivity contribution in [2.45, 2.75) is 77.7 Å². The van der Waals surface area contributed by atoms with E-state index in [9.17, 15) is 9.59 Å². The standard InChI is InChI=1S/C24H35N5O3/c1-4-9-20(26-21(30)12-8-13-22-27-23(17(2)3)28-32-22)24(31)25-18-10-7-11-19(16-18)29-14-5-6-15-29/h7,10-11,16-17,20H,4-6,8-9,12-15H2,1-3H3,(H,25,31)(H,26,30)/t20-/m1/s1. The third-order valence-corrected chi connectivity index (χ3v) is 5.61.